The third-order valence-corrected chi connectivity index (χ3v) is 17.5. The first-order valence-corrected chi connectivity index (χ1v) is 19.8. The Balaban J connectivity index is 1.80. The summed E-state index contributed by atoms with van der Waals surface area (Å²) in [5, 5.41) is 11.2. The van der Waals surface area contributed by atoms with E-state index in [1.165, 1.54) is 51.9 Å². The van der Waals surface area contributed by atoms with Crippen LogP contribution in [-0.4, -0.2) is 38.7 Å². The summed E-state index contributed by atoms with van der Waals surface area (Å²) in [6, 6.07) is 0. The minimum absolute atomic E-state index is 0.0540. The number of aliphatic hydroxyl groups is 1. The predicted octanol–water partition coefficient (Wildman–Crippen LogP) is 9.26. The van der Waals surface area contributed by atoms with Crippen molar-refractivity contribution < 1.29 is 19.1 Å². The molecule has 1 N–H and O–H groups in total. The Bertz CT molecular complexity index is 834. The molecule has 9 atom stereocenters. The highest BCUT2D eigenvalue weighted by atomic mass is 28.4. The lowest BCUT2D eigenvalue weighted by Gasteiger charge is -2.58. The van der Waals surface area contributed by atoms with E-state index in [0.29, 0.717) is 36.4 Å². The fourth-order valence-electron chi connectivity index (χ4n) is 9.43. The number of carbonyl (C=O) groups is 1. The minimum atomic E-state index is -1.88. The van der Waals surface area contributed by atoms with Crippen molar-refractivity contribution in [2.45, 2.75) is 151 Å². The molecule has 3 rings (SSSR count). The smallest absolute Gasteiger partial charge is 0.302 e. The van der Waals surface area contributed by atoms with Crippen LogP contribution in [-0.2, 0) is 14.0 Å². The molecular weight excluding hydrogens is 512 g/mol. The molecule has 3 aliphatic carbocycles. The van der Waals surface area contributed by atoms with Gasteiger partial charge in [0, 0.05) is 25.6 Å². The van der Waals surface area contributed by atoms with Crippen LogP contribution < -0.4 is 0 Å². The van der Waals surface area contributed by atoms with E-state index in [-0.39, 0.29) is 28.4 Å². The van der Waals surface area contributed by atoms with E-state index in [1.807, 2.05) is 0 Å². The molecule has 0 bridgehead atoms. The van der Waals surface area contributed by atoms with Crippen LogP contribution in [0.15, 0.2) is 0 Å². The number of hydrogen-bond donors (Lipinski definition) is 1. The number of esters is 1. The maximum atomic E-state index is 12.0. The van der Waals surface area contributed by atoms with Gasteiger partial charge in [0.15, 0.2) is 8.32 Å². The Kier molecular flexibility index (Phi) is 11.2. The van der Waals surface area contributed by atoms with Gasteiger partial charge >= 0.3 is 5.97 Å². The van der Waals surface area contributed by atoms with E-state index in [0.717, 1.165) is 37.0 Å². The minimum Gasteiger partial charge on any atom is -0.466 e. The lowest BCUT2D eigenvalue weighted by molar-refractivity contribution is -0.151. The molecule has 0 aromatic rings. The Hall–Kier alpha value is -0.393. The van der Waals surface area contributed by atoms with Gasteiger partial charge in [0.05, 0.1) is 6.61 Å². The molecule has 234 valence electrons. The van der Waals surface area contributed by atoms with Gasteiger partial charge in [-0.25, -0.2) is 0 Å². The molecule has 0 spiro atoms. The van der Waals surface area contributed by atoms with Crippen LogP contribution in [0.25, 0.3) is 0 Å². The summed E-state index contributed by atoms with van der Waals surface area (Å²) in [6.07, 6.45) is 12.4. The molecule has 3 fully saturated rings. The molecule has 0 saturated heterocycles. The van der Waals surface area contributed by atoms with Crippen molar-refractivity contribution in [2.75, 3.05) is 13.2 Å². The lowest BCUT2D eigenvalue weighted by Crippen LogP contribution is -2.54. The van der Waals surface area contributed by atoms with Crippen LogP contribution in [0.5, 0.6) is 0 Å². The van der Waals surface area contributed by atoms with Gasteiger partial charge in [0.25, 0.3) is 0 Å². The number of hydrogen-bond acceptors (Lipinski definition) is 4. The molecule has 0 aliphatic heterocycles. The zero-order valence-corrected chi connectivity index (χ0v) is 29.3. The normalized spacial score (nSPS) is 37.8. The summed E-state index contributed by atoms with van der Waals surface area (Å²) in [4.78, 5) is 12.0. The molecule has 0 aromatic heterocycles. The lowest BCUT2D eigenvalue weighted by atomic mass is 9.48. The Morgan fingerprint density at radius 3 is 2.17 bits per heavy atom. The van der Waals surface area contributed by atoms with E-state index in [1.54, 1.807) is 0 Å². The van der Waals surface area contributed by atoms with Crippen molar-refractivity contribution in [3.8, 4) is 0 Å². The van der Waals surface area contributed by atoms with Crippen molar-refractivity contribution in [1.29, 1.82) is 0 Å². The van der Waals surface area contributed by atoms with Gasteiger partial charge in [-0.3, -0.25) is 4.79 Å². The number of aliphatic hydroxyl groups excluding tert-OH is 1. The topological polar surface area (TPSA) is 55.8 Å². The standard InChI is InChI=1S/C35H66O4Si/c1-24(2)13-12-14-25(3)30-15-16-31-29(22-36)32(18-20-35(30,31)9)34(8)19-17-28(21-27(34)23-38-26(4)37)39-40(10,11)33(5,6)7/h24-25,27-32,36H,12-23H2,1-11H3/t25-,27-,28+,29+,30-,31+,32+,34+,35-/m1/s1. The van der Waals surface area contributed by atoms with E-state index in [4.69, 9.17) is 9.16 Å². The summed E-state index contributed by atoms with van der Waals surface area (Å²) < 4.78 is 12.7. The van der Waals surface area contributed by atoms with E-state index in [9.17, 15) is 9.90 Å². The number of fused-ring (bicyclic) bond motifs is 1. The summed E-state index contributed by atoms with van der Waals surface area (Å²) in [5.74, 6) is 3.83. The first-order chi connectivity index (χ1) is 18.5. The van der Waals surface area contributed by atoms with Crippen LogP contribution in [0.3, 0.4) is 0 Å². The first-order valence-electron chi connectivity index (χ1n) is 16.9. The molecule has 0 heterocycles. The van der Waals surface area contributed by atoms with Gasteiger partial charge in [-0.2, -0.15) is 0 Å². The maximum Gasteiger partial charge on any atom is 0.302 e. The van der Waals surface area contributed by atoms with E-state index >= 15 is 0 Å². The second-order valence-electron chi connectivity index (χ2n) is 16.9. The summed E-state index contributed by atoms with van der Waals surface area (Å²) in [7, 11) is -1.88. The molecule has 0 radical (unpaired) electrons. The Labute approximate surface area is 249 Å². The maximum absolute atomic E-state index is 12.0. The second kappa shape index (κ2) is 13.1. The Morgan fingerprint density at radius 1 is 0.975 bits per heavy atom. The quantitative estimate of drug-likeness (QED) is 0.196. The SMILES string of the molecule is CC(=O)OC[C@H]1C[C@@H](O[Si](C)(C)C(C)(C)C)CC[C@]1(C)[C@H]1CC[C@]2(C)[C@@H]([C@H](C)CCCC(C)C)CC[C@H]2[C@@H]1CO. The average Bonchev–Trinajstić information content (AvgIpc) is 3.19. The van der Waals surface area contributed by atoms with Crippen molar-refractivity contribution in [2.24, 2.45) is 52.3 Å². The van der Waals surface area contributed by atoms with Gasteiger partial charge in [-0.15, -0.1) is 0 Å². The van der Waals surface area contributed by atoms with Crippen molar-refractivity contribution >= 4 is 14.3 Å². The third kappa shape index (κ3) is 7.21. The molecule has 4 nitrogen and oxygen atoms in total. The van der Waals surface area contributed by atoms with Crippen LogP contribution in [0.4, 0.5) is 0 Å². The van der Waals surface area contributed by atoms with Crippen LogP contribution in [0.1, 0.15) is 127 Å². The van der Waals surface area contributed by atoms with Crippen molar-refractivity contribution in [3.05, 3.63) is 0 Å². The molecule has 3 saturated carbocycles. The fourth-order valence-corrected chi connectivity index (χ4v) is 10.8. The van der Waals surface area contributed by atoms with E-state index < -0.39 is 8.32 Å². The number of ether oxygens (including phenoxy) is 1. The zero-order chi connectivity index (χ0) is 30.1. The van der Waals surface area contributed by atoms with Crippen LogP contribution in [0, 0.1) is 52.3 Å². The molecule has 40 heavy (non-hydrogen) atoms. The number of rotatable bonds is 11. The average molecular weight is 579 g/mol. The molecule has 0 unspecified atom stereocenters. The summed E-state index contributed by atoms with van der Waals surface area (Å²) in [5.41, 5.74) is 0.393. The largest absolute Gasteiger partial charge is 0.466 e. The third-order valence-electron chi connectivity index (χ3n) is 12.9. The summed E-state index contributed by atoms with van der Waals surface area (Å²) in [6.45, 7) is 26.2. The fraction of sp³-hybridized carbons (Fsp3) is 0.971. The first kappa shape index (κ1) is 34.1. The highest BCUT2D eigenvalue weighted by molar-refractivity contribution is 6.74. The monoisotopic (exact) mass is 578 g/mol. The predicted molar refractivity (Wildman–Crippen MR) is 170 cm³/mol. The Morgan fingerprint density at radius 2 is 1.60 bits per heavy atom. The highest BCUT2D eigenvalue weighted by Crippen LogP contribution is 2.65. The molecule has 5 heteroatoms. The van der Waals surface area contributed by atoms with E-state index in [2.05, 4.69) is 68.5 Å². The van der Waals surface area contributed by atoms with Gasteiger partial charge in [-0.05, 0) is 109 Å². The zero-order valence-electron chi connectivity index (χ0n) is 28.3. The van der Waals surface area contributed by atoms with Gasteiger partial charge < -0.3 is 14.3 Å². The number of carbonyl (C=O) groups excluding carboxylic acids is 1. The molecule has 3 aliphatic rings. The molecular formula is C35H66O4Si. The van der Waals surface area contributed by atoms with Gasteiger partial charge in [-0.1, -0.05) is 74.7 Å². The molecule has 0 aromatic carbocycles. The highest BCUT2D eigenvalue weighted by Gasteiger charge is 2.59. The summed E-state index contributed by atoms with van der Waals surface area (Å²) >= 11 is 0. The van der Waals surface area contributed by atoms with Crippen molar-refractivity contribution in [1.82, 2.24) is 0 Å². The van der Waals surface area contributed by atoms with Crippen LogP contribution in [0.2, 0.25) is 18.1 Å². The molecule has 0 amide bonds. The second-order valence-corrected chi connectivity index (χ2v) is 21.6. The van der Waals surface area contributed by atoms with Crippen molar-refractivity contribution in [3.63, 3.8) is 0 Å². The van der Waals surface area contributed by atoms with Gasteiger partial charge in [0.1, 0.15) is 0 Å². The van der Waals surface area contributed by atoms with Crippen LogP contribution >= 0.6 is 0 Å². The van der Waals surface area contributed by atoms with Gasteiger partial charge in [0.2, 0.25) is 0 Å².